The van der Waals surface area contributed by atoms with Crippen molar-refractivity contribution in [3.8, 4) is 0 Å². The molecule has 0 spiro atoms. The Labute approximate surface area is 108 Å². The number of hydrogen-bond acceptors (Lipinski definition) is 3. The molecule has 1 aromatic carbocycles. The average Bonchev–Trinajstić information content (AvgIpc) is 2.39. The first-order valence-electron chi connectivity index (χ1n) is 6.47. The molecule has 18 heavy (non-hydrogen) atoms. The minimum atomic E-state index is -0.0230. The largest absolute Gasteiger partial charge is 0.299 e. The maximum atomic E-state index is 11.4. The minimum absolute atomic E-state index is 0.0230. The van der Waals surface area contributed by atoms with E-state index in [1.165, 1.54) is 11.1 Å². The maximum absolute atomic E-state index is 11.4. The van der Waals surface area contributed by atoms with Crippen LogP contribution in [-0.2, 0) is 11.3 Å². The molecule has 1 heterocycles. The smallest absolute Gasteiger partial charge is 0.237 e. The lowest BCUT2D eigenvalue weighted by atomic mass is 9.96. The van der Waals surface area contributed by atoms with Gasteiger partial charge in [0, 0.05) is 12.5 Å². The van der Waals surface area contributed by atoms with Gasteiger partial charge in [-0.1, -0.05) is 29.8 Å². The van der Waals surface area contributed by atoms with E-state index in [1.54, 1.807) is 0 Å². The second kappa shape index (κ2) is 5.98. The van der Waals surface area contributed by atoms with E-state index in [4.69, 9.17) is 5.84 Å². The highest BCUT2D eigenvalue weighted by Gasteiger charge is 2.24. The third-order valence-corrected chi connectivity index (χ3v) is 3.59. The van der Waals surface area contributed by atoms with Crippen molar-refractivity contribution < 1.29 is 4.79 Å². The molecule has 0 atom stereocenters. The summed E-state index contributed by atoms with van der Waals surface area (Å²) in [5.74, 6) is 5.23. The van der Waals surface area contributed by atoms with Crippen LogP contribution in [0.3, 0.4) is 0 Å². The van der Waals surface area contributed by atoms with Crippen LogP contribution in [-0.4, -0.2) is 23.9 Å². The van der Waals surface area contributed by atoms with Crippen LogP contribution in [0, 0.1) is 12.8 Å². The normalized spacial score (nSPS) is 17.7. The molecule has 0 bridgehead atoms. The Balaban J connectivity index is 1.85. The van der Waals surface area contributed by atoms with Crippen molar-refractivity contribution in [3.63, 3.8) is 0 Å². The van der Waals surface area contributed by atoms with Gasteiger partial charge in [-0.25, -0.2) is 5.84 Å². The Morgan fingerprint density at radius 3 is 2.78 bits per heavy atom. The van der Waals surface area contributed by atoms with Gasteiger partial charge in [0.15, 0.2) is 0 Å². The Morgan fingerprint density at radius 2 is 2.17 bits per heavy atom. The lowest BCUT2D eigenvalue weighted by Gasteiger charge is -2.31. The summed E-state index contributed by atoms with van der Waals surface area (Å²) in [6.45, 7) is 5.01. The zero-order valence-corrected chi connectivity index (χ0v) is 10.9. The summed E-state index contributed by atoms with van der Waals surface area (Å²) in [5, 5.41) is 0. The first-order valence-corrected chi connectivity index (χ1v) is 6.47. The van der Waals surface area contributed by atoms with Crippen molar-refractivity contribution in [1.29, 1.82) is 0 Å². The molecule has 0 aliphatic carbocycles. The second-order valence-electron chi connectivity index (χ2n) is 5.05. The van der Waals surface area contributed by atoms with Crippen LogP contribution in [0.5, 0.6) is 0 Å². The SMILES string of the molecule is Cc1cccc(CN2CCC(C(=O)NN)CC2)c1. The molecule has 1 amide bonds. The molecule has 0 unspecified atom stereocenters. The lowest BCUT2D eigenvalue weighted by Crippen LogP contribution is -2.42. The topological polar surface area (TPSA) is 58.4 Å². The van der Waals surface area contributed by atoms with Gasteiger partial charge in [-0.05, 0) is 38.4 Å². The van der Waals surface area contributed by atoms with Gasteiger partial charge in [0.05, 0.1) is 0 Å². The summed E-state index contributed by atoms with van der Waals surface area (Å²) in [7, 11) is 0. The molecule has 0 saturated carbocycles. The molecule has 1 saturated heterocycles. The number of aryl methyl sites for hydroxylation is 1. The summed E-state index contributed by atoms with van der Waals surface area (Å²) in [6.07, 6.45) is 1.80. The van der Waals surface area contributed by atoms with Gasteiger partial charge in [0.1, 0.15) is 0 Å². The van der Waals surface area contributed by atoms with Crippen LogP contribution in [0.25, 0.3) is 0 Å². The van der Waals surface area contributed by atoms with E-state index in [2.05, 4.69) is 41.5 Å². The highest BCUT2D eigenvalue weighted by Crippen LogP contribution is 2.19. The fourth-order valence-corrected chi connectivity index (χ4v) is 2.54. The fraction of sp³-hybridized carbons (Fsp3) is 0.500. The Kier molecular flexibility index (Phi) is 4.33. The van der Waals surface area contributed by atoms with Crippen molar-refractivity contribution >= 4 is 5.91 Å². The van der Waals surface area contributed by atoms with Gasteiger partial charge in [-0.15, -0.1) is 0 Å². The molecule has 3 N–H and O–H groups in total. The summed E-state index contributed by atoms with van der Waals surface area (Å²) in [5.41, 5.74) is 4.89. The van der Waals surface area contributed by atoms with E-state index in [-0.39, 0.29) is 11.8 Å². The molecule has 1 aliphatic heterocycles. The fourth-order valence-electron chi connectivity index (χ4n) is 2.54. The first kappa shape index (κ1) is 13.1. The zero-order valence-electron chi connectivity index (χ0n) is 10.9. The number of carbonyl (C=O) groups is 1. The van der Waals surface area contributed by atoms with Crippen molar-refractivity contribution in [3.05, 3.63) is 35.4 Å². The summed E-state index contributed by atoms with van der Waals surface area (Å²) in [6, 6.07) is 8.59. The lowest BCUT2D eigenvalue weighted by molar-refractivity contribution is -0.126. The minimum Gasteiger partial charge on any atom is -0.299 e. The standard InChI is InChI=1S/C14H21N3O/c1-11-3-2-4-12(9-11)10-17-7-5-13(6-8-17)14(18)16-15/h2-4,9,13H,5-8,10,15H2,1H3,(H,16,18). The molecule has 98 valence electrons. The van der Waals surface area contributed by atoms with E-state index in [0.29, 0.717) is 0 Å². The number of piperidine rings is 1. The summed E-state index contributed by atoms with van der Waals surface area (Å²) < 4.78 is 0. The van der Waals surface area contributed by atoms with Gasteiger partial charge < -0.3 is 0 Å². The highest BCUT2D eigenvalue weighted by atomic mass is 16.2. The number of benzene rings is 1. The van der Waals surface area contributed by atoms with Crippen molar-refractivity contribution in [2.24, 2.45) is 11.8 Å². The highest BCUT2D eigenvalue weighted by molar-refractivity contribution is 5.78. The first-order chi connectivity index (χ1) is 8.69. The molecule has 1 aromatic rings. The van der Waals surface area contributed by atoms with E-state index in [9.17, 15) is 4.79 Å². The number of nitrogens with one attached hydrogen (secondary N) is 1. The molecular formula is C14H21N3O. The number of hydrogen-bond donors (Lipinski definition) is 2. The molecular weight excluding hydrogens is 226 g/mol. The maximum Gasteiger partial charge on any atom is 0.237 e. The third kappa shape index (κ3) is 3.31. The van der Waals surface area contributed by atoms with Crippen molar-refractivity contribution in [2.75, 3.05) is 13.1 Å². The molecule has 1 aliphatic rings. The quantitative estimate of drug-likeness (QED) is 0.479. The molecule has 0 aromatic heterocycles. The van der Waals surface area contributed by atoms with E-state index in [0.717, 1.165) is 32.5 Å². The molecule has 1 fully saturated rings. The molecule has 2 rings (SSSR count). The van der Waals surface area contributed by atoms with Crippen LogP contribution >= 0.6 is 0 Å². The summed E-state index contributed by atoms with van der Waals surface area (Å²) in [4.78, 5) is 13.8. The number of amides is 1. The number of nitrogens with zero attached hydrogens (tertiary/aromatic N) is 1. The van der Waals surface area contributed by atoms with Gasteiger partial charge in [0.2, 0.25) is 5.91 Å². The van der Waals surface area contributed by atoms with Crippen LogP contribution < -0.4 is 11.3 Å². The van der Waals surface area contributed by atoms with Gasteiger partial charge in [0.25, 0.3) is 0 Å². The average molecular weight is 247 g/mol. The number of rotatable bonds is 3. The number of likely N-dealkylation sites (tertiary alicyclic amines) is 1. The van der Waals surface area contributed by atoms with Crippen molar-refractivity contribution in [1.82, 2.24) is 10.3 Å². The zero-order chi connectivity index (χ0) is 13.0. The number of hydrazine groups is 1. The molecule has 4 heteroatoms. The van der Waals surface area contributed by atoms with Crippen LogP contribution in [0.15, 0.2) is 24.3 Å². The van der Waals surface area contributed by atoms with Gasteiger partial charge in [-0.2, -0.15) is 0 Å². The number of carbonyl (C=O) groups excluding carboxylic acids is 1. The Morgan fingerprint density at radius 1 is 1.44 bits per heavy atom. The molecule has 0 radical (unpaired) electrons. The van der Waals surface area contributed by atoms with E-state index >= 15 is 0 Å². The predicted molar refractivity (Wildman–Crippen MR) is 71.5 cm³/mol. The van der Waals surface area contributed by atoms with Crippen LogP contribution in [0.2, 0.25) is 0 Å². The van der Waals surface area contributed by atoms with Gasteiger partial charge >= 0.3 is 0 Å². The van der Waals surface area contributed by atoms with Crippen LogP contribution in [0.4, 0.5) is 0 Å². The van der Waals surface area contributed by atoms with E-state index < -0.39 is 0 Å². The van der Waals surface area contributed by atoms with Crippen LogP contribution in [0.1, 0.15) is 24.0 Å². The second-order valence-corrected chi connectivity index (χ2v) is 5.05. The summed E-state index contributed by atoms with van der Waals surface area (Å²) >= 11 is 0. The van der Waals surface area contributed by atoms with E-state index in [1.807, 2.05) is 0 Å². The Bertz CT molecular complexity index is 411. The predicted octanol–water partition coefficient (Wildman–Crippen LogP) is 1.20. The Hall–Kier alpha value is -1.39. The number of nitrogens with two attached hydrogens (primary N) is 1. The third-order valence-electron chi connectivity index (χ3n) is 3.59. The van der Waals surface area contributed by atoms with Gasteiger partial charge in [-0.3, -0.25) is 15.1 Å². The molecule has 4 nitrogen and oxygen atoms in total. The van der Waals surface area contributed by atoms with Crippen molar-refractivity contribution in [2.45, 2.75) is 26.3 Å². The monoisotopic (exact) mass is 247 g/mol.